The topological polar surface area (TPSA) is 231 Å². The summed E-state index contributed by atoms with van der Waals surface area (Å²) in [6.07, 6.45) is 24.9. The summed E-state index contributed by atoms with van der Waals surface area (Å²) >= 11 is 0. The van der Waals surface area contributed by atoms with Gasteiger partial charge in [-0.3, -0.25) is 9.59 Å². The highest BCUT2D eigenvalue weighted by atomic mass is 16.7. The molecule has 0 spiro atoms. The number of rotatable bonds is 42. The number of hydrogen-bond donors (Lipinski definition) is 7. The number of esters is 2. The standard InChI is InChI=1S/C53H96O15/c1-3-5-7-9-11-13-15-17-18-19-20-21-22-24-25-27-29-31-33-35-44(55)63-38-41(66-45(56)36-34-32-30-28-26-23-16-14-12-10-8-6-4-2)39-64-52-51(62)49(60)47(58)43(68-52)40-65-53-50(61)48(59)46(57)42(37-54)67-53/h8,10,14,16,41-43,46-54,57-62H,3-7,9,11-13,15,17-40H2,1-2H3/b10-8-,16-14-. The first kappa shape index (κ1) is 62.1. The summed E-state index contributed by atoms with van der Waals surface area (Å²) in [5.41, 5.74) is 0. The molecule has 2 aliphatic heterocycles. The van der Waals surface area contributed by atoms with Crippen LogP contribution in [0.3, 0.4) is 0 Å². The largest absolute Gasteiger partial charge is 0.462 e. The lowest BCUT2D eigenvalue weighted by molar-refractivity contribution is -0.332. The number of ether oxygens (including phenoxy) is 6. The van der Waals surface area contributed by atoms with E-state index in [1.165, 1.54) is 96.3 Å². The van der Waals surface area contributed by atoms with E-state index in [0.29, 0.717) is 12.8 Å². The molecule has 0 aromatic rings. The molecule has 0 aliphatic carbocycles. The van der Waals surface area contributed by atoms with Gasteiger partial charge in [-0.25, -0.2) is 0 Å². The van der Waals surface area contributed by atoms with Gasteiger partial charge in [-0.2, -0.15) is 0 Å². The van der Waals surface area contributed by atoms with Crippen LogP contribution in [0.5, 0.6) is 0 Å². The van der Waals surface area contributed by atoms with Gasteiger partial charge >= 0.3 is 11.9 Å². The van der Waals surface area contributed by atoms with Gasteiger partial charge in [-0.05, 0) is 38.5 Å². The molecule has 68 heavy (non-hydrogen) atoms. The molecular formula is C53H96O15. The Labute approximate surface area is 409 Å². The van der Waals surface area contributed by atoms with Crippen LogP contribution < -0.4 is 0 Å². The molecule has 0 aromatic carbocycles. The molecule has 2 saturated heterocycles. The van der Waals surface area contributed by atoms with Crippen molar-refractivity contribution in [1.82, 2.24) is 0 Å². The van der Waals surface area contributed by atoms with Crippen LogP contribution >= 0.6 is 0 Å². The molecule has 0 aromatic heterocycles. The molecule has 0 bridgehead atoms. The minimum Gasteiger partial charge on any atom is -0.462 e. The highest BCUT2D eigenvalue weighted by Crippen LogP contribution is 2.27. The van der Waals surface area contributed by atoms with Crippen LogP contribution in [-0.2, 0) is 38.0 Å². The Morgan fingerprint density at radius 2 is 0.912 bits per heavy atom. The van der Waals surface area contributed by atoms with Crippen LogP contribution in [0.15, 0.2) is 24.3 Å². The van der Waals surface area contributed by atoms with Crippen molar-refractivity contribution in [1.29, 1.82) is 0 Å². The second-order valence-electron chi connectivity index (χ2n) is 19.1. The summed E-state index contributed by atoms with van der Waals surface area (Å²) in [5.74, 6) is -0.933. The fourth-order valence-electron chi connectivity index (χ4n) is 8.49. The monoisotopic (exact) mass is 973 g/mol. The summed E-state index contributed by atoms with van der Waals surface area (Å²) in [5, 5.41) is 72.1. The lowest BCUT2D eigenvalue weighted by atomic mass is 9.98. The minimum atomic E-state index is -1.76. The van der Waals surface area contributed by atoms with Crippen molar-refractivity contribution in [2.45, 2.75) is 274 Å². The highest BCUT2D eigenvalue weighted by Gasteiger charge is 2.47. The maximum absolute atomic E-state index is 13.0. The van der Waals surface area contributed by atoms with E-state index in [1.54, 1.807) is 0 Å². The Balaban J connectivity index is 1.77. The van der Waals surface area contributed by atoms with Crippen LogP contribution in [0.2, 0.25) is 0 Å². The molecule has 11 unspecified atom stereocenters. The van der Waals surface area contributed by atoms with Crippen LogP contribution in [0, 0.1) is 0 Å². The number of carbonyl (C=O) groups excluding carboxylic acids is 2. The van der Waals surface area contributed by atoms with Gasteiger partial charge < -0.3 is 64.2 Å². The van der Waals surface area contributed by atoms with Crippen LogP contribution in [0.25, 0.3) is 0 Å². The van der Waals surface area contributed by atoms with E-state index in [9.17, 15) is 45.3 Å². The van der Waals surface area contributed by atoms with Crippen molar-refractivity contribution in [3.05, 3.63) is 24.3 Å². The second-order valence-corrected chi connectivity index (χ2v) is 19.1. The van der Waals surface area contributed by atoms with E-state index in [1.807, 2.05) is 0 Å². The number of allylic oxidation sites excluding steroid dienone is 4. The van der Waals surface area contributed by atoms with E-state index in [2.05, 4.69) is 38.2 Å². The maximum Gasteiger partial charge on any atom is 0.306 e. The SMILES string of the molecule is CCC/C=C\C/C=C\CCCCCCCC(=O)OC(COC(=O)CCCCCCCCCCCCCCCCCCCCC)COC1OC(COC2OC(CO)C(O)C(O)C2O)C(O)C(O)C1O. The van der Waals surface area contributed by atoms with Crippen molar-refractivity contribution in [2.75, 3.05) is 26.4 Å². The van der Waals surface area contributed by atoms with Gasteiger partial charge in [-0.1, -0.05) is 179 Å². The quantitative estimate of drug-likeness (QED) is 0.0175. The van der Waals surface area contributed by atoms with E-state index in [-0.39, 0.29) is 26.1 Å². The number of aliphatic hydroxyl groups excluding tert-OH is 7. The summed E-state index contributed by atoms with van der Waals surface area (Å²) in [7, 11) is 0. The third kappa shape index (κ3) is 28.1. The highest BCUT2D eigenvalue weighted by molar-refractivity contribution is 5.70. The van der Waals surface area contributed by atoms with Crippen LogP contribution in [0.4, 0.5) is 0 Å². The molecule has 2 fully saturated rings. The smallest absolute Gasteiger partial charge is 0.306 e. The molecular weight excluding hydrogens is 877 g/mol. The van der Waals surface area contributed by atoms with Crippen molar-refractivity contribution in [3.8, 4) is 0 Å². The van der Waals surface area contributed by atoms with Crippen molar-refractivity contribution < 1.29 is 73.8 Å². The Morgan fingerprint density at radius 3 is 1.43 bits per heavy atom. The third-order valence-electron chi connectivity index (χ3n) is 12.9. The molecule has 15 nitrogen and oxygen atoms in total. The molecule has 0 saturated carbocycles. The lowest BCUT2D eigenvalue weighted by Crippen LogP contribution is -2.61. The van der Waals surface area contributed by atoms with Gasteiger partial charge in [0.2, 0.25) is 0 Å². The first-order valence-electron chi connectivity index (χ1n) is 26.9. The minimum absolute atomic E-state index is 0.151. The molecule has 398 valence electrons. The Hall–Kier alpha value is -2.02. The fourth-order valence-corrected chi connectivity index (χ4v) is 8.49. The average molecular weight is 973 g/mol. The van der Waals surface area contributed by atoms with Gasteiger partial charge in [0.25, 0.3) is 0 Å². The first-order valence-corrected chi connectivity index (χ1v) is 26.9. The molecule has 7 N–H and O–H groups in total. The first-order chi connectivity index (χ1) is 33.0. The van der Waals surface area contributed by atoms with Crippen molar-refractivity contribution >= 4 is 11.9 Å². The van der Waals surface area contributed by atoms with Crippen LogP contribution in [-0.4, -0.2) is 142 Å². The zero-order valence-electron chi connectivity index (χ0n) is 42.1. The summed E-state index contributed by atoms with van der Waals surface area (Å²) in [4.78, 5) is 25.8. The second kappa shape index (κ2) is 40.6. The summed E-state index contributed by atoms with van der Waals surface area (Å²) in [6.45, 7) is 2.53. The predicted octanol–water partition coefficient (Wildman–Crippen LogP) is 7.94. The maximum atomic E-state index is 13.0. The number of aliphatic hydroxyl groups is 7. The number of carbonyl (C=O) groups is 2. The summed E-state index contributed by atoms with van der Waals surface area (Å²) in [6, 6.07) is 0. The number of unbranched alkanes of at least 4 members (excludes halogenated alkanes) is 24. The van der Waals surface area contributed by atoms with Gasteiger partial charge in [-0.15, -0.1) is 0 Å². The molecule has 2 aliphatic rings. The van der Waals surface area contributed by atoms with Crippen LogP contribution in [0.1, 0.15) is 206 Å². The Morgan fingerprint density at radius 1 is 0.471 bits per heavy atom. The van der Waals surface area contributed by atoms with E-state index in [4.69, 9.17) is 28.4 Å². The Kier molecular flexibility index (Phi) is 37.0. The van der Waals surface area contributed by atoms with Gasteiger partial charge in [0.1, 0.15) is 55.4 Å². The van der Waals surface area contributed by atoms with E-state index in [0.717, 1.165) is 70.6 Å². The van der Waals surface area contributed by atoms with Gasteiger partial charge in [0.05, 0.1) is 19.8 Å². The molecule has 11 atom stereocenters. The average Bonchev–Trinajstić information content (AvgIpc) is 3.33. The normalized spacial score (nSPS) is 25.9. The van der Waals surface area contributed by atoms with Crippen molar-refractivity contribution in [2.24, 2.45) is 0 Å². The van der Waals surface area contributed by atoms with E-state index < -0.39 is 92.7 Å². The van der Waals surface area contributed by atoms with Crippen molar-refractivity contribution in [3.63, 3.8) is 0 Å². The third-order valence-corrected chi connectivity index (χ3v) is 12.9. The molecule has 0 radical (unpaired) electrons. The summed E-state index contributed by atoms with van der Waals surface area (Å²) < 4.78 is 33.6. The zero-order chi connectivity index (χ0) is 49.6. The zero-order valence-corrected chi connectivity index (χ0v) is 42.1. The Bertz CT molecular complexity index is 1280. The fraction of sp³-hybridized carbons (Fsp3) is 0.887. The lowest BCUT2D eigenvalue weighted by Gasteiger charge is -2.42. The molecule has 2 heterocycles. The molecule has 0 amide bonds. The van der Waals surface area contributed by atoms with Gasteiger partial charge in [0.15, 0.2) is 18.7 Å². The van der Waals surface area contributed by atoms with E-state index >= 15 is 0 Å². The molecule has 15 heteroatoms. The number of hydrogen-bond acceptors (Lipinski definition) is 15. The molecule has 2 rings (SSSR count). The van der Waals surface area contributed by atoms with Gasteiger partial charge in [0, 0.05) is 12.8 Å². The predicted molar refractivity (Wildman–Crippen MR) is 261 cm³/mol.